The first-order chi connectivity index (χ1) is 16.7. The van der Waals surface area contributed by atoms with Crippen LogP contribution in [0.25, 0.3) is 22.6 Å². The fourth-order valence-electron chi connectivity index (χ4n) is 3.85. The normalized spacial score (nSPS) is 10.7. The van der Waals surface area contributed by atoms with E-state index in [0.29, 0.717) is 24.7 Å². The van der Waals surface area contributed by atoms with Gasteiger partial charge in [0, 0.05) is 17.7 Å². The summed E-state index contributed by atoms with van der Waals surface area (Å²) in [6.45, 7) is 2.47. The fourth-order valence-corrected chi connectivity index (χ4v) is 3.85. The van der Waals surface area contributed by atoms with Gasteiger partial charge in [-0.05, 0) is 37.5 Å². The van der Waals surface area contributed by atoms with Crippen LogP contribution in [-0.4, -0.2) is 23.8 Å². The van der Waals surface area contributed by atoms with Gasteiger partial charge < -0.3 is 13.9 Å². The third kappa shape index (κ3) is 5.64. The van der Waals surface area contributed by atoms with Gasteiger partial charge in [-0.25, -0.2) is 9.59 Å². The van der Waals surface area contributed by atoms with Crippen LogP contribution in [0.15, 0.2) is 94.1 Å². The summed E-state index contributed by atoms with van der Waals surface area (Å²) in [4.78, 5) is 24.4. The third-order valence-electron chi connectivity index (χ3n) is 5.39. The summed E-state index contributed by atoms with van der Waals surface area (Å²) < 4.78 is 17.9. The minimum Gasteiger partial charge on any atom is -0.482 e. The zero-order chi connectivity index (χ0) is 23.8. The number of carbonyl (C=O) groups is 1. The topological polar surface area (TPSA) is 70.7 Å². The first-order valence-electron chi connectivity index (χ1n) is 11.4. The number of hydrogen-bond acceptors (Lipinski definition) is 5. The Kier molecular flexibility index (Phi) is 7.60. The number of nitrogens with zero attached hydrogens (tertiary/aromatic N) is 1. The molecular weight excluding hydrogens is 430 g/mol. The molecule has 0 aliphatic carbocycles. The molecule has 0 bridgehead atoms. The van der Waals surface area contributed by atoms with E-state index in [4.69, 9.17) is 13.9 Å². The smallest absolute Gasteiger partial charge is 0.419 e. The van der Waals surface area contributed by atoms with Crippen LogP contribution in [0.5, 0.6) is 5.75 Å². The summed E-state index contributed by atoms with van der Waals surface area (Å²) in [5.74, 6) is 0.424. The Labute approximate surface area is 198 Å². The number of hydrogen-bond donors (Lipinski definition) is 0. The number of aryl methyl sites for hydroxylation is 1. The average Bonchev–Trinajstić information content (AvgIpc) is 3.20. The van der Waals surface area contributed by atoms with Crippen molar-refractivity contribution in [2.45, 2.75) is 26.3 Å². The van der Waals surface area contributed by atoms with Gasteiger partial charge in [-0.1, -0.05) is 72.8 Å². The molecule has 0 fully saturated rings. The highest BCUT2D eigenvalue weighted by Gasteiger charge is 2.19. The lowest BCUT2D eigenvalue weighted by Crippen LogP contribution is -2.16. The number of ether oxygens (including phenoxy) is 2. The summed E-state index contributed by atoms with van der Waals surface area (Å²) >= 11 is 0. The van der Waals surface area contributed by atoms with E-state index in [9.17, 15) is 9.59 Å². The van der Waals surface area contributed by atoms with Crippen LogP contribution in [-0.2, 0) is 22.5 Å². The molecule has 6 heteroatoms. The number of carbonyl (C=O) groups excluding carboxylic acids is 1. The van der Waals surface area contributed by atoms with Gasteiger partial charge in [0.2, 0.25) is 0 Å². The summed E-state index contributed by atoms with van der Waals surface area (Å²) in [5.41, 5.74) is 3.64. The SMILES string of the molecule is CCOC(=O)COc1cccc(CCCn2c(-c3ccccc3)c(-c3ccccc3)oc2=O)c1. The molecule has 0 amide bonds. The quantitative estimate of drug-likeness (QED) is 0.300. The van der Waals surface area contributed by atoms with Gasteiger partial charge in [0.1, 0.15) is 5.75 Å². The van der Waals surface area contributed by atoms with Gasteiger partial charge >= 0.3 is 11.7 Å². The van der Waals surface area contributed by atoms with Crippen LogP contribution >= 0.6 is 0 Å². The molecule has 0 saturated carbocycles. The maximum atomic E-state index is 12.8. The summed E-state index contributed by atoms with van der Waals surface area (Å²) in [5, 5.41) is 0. The zero-order valence-corrected chi connectivity index (χ0v) is 19.1. The van der Waals surface area contributed by atoms with Crippen LogP contribution in [0.2, 0.25) is 0 Å². The minimum absolute atomic E-state index is 0.121. The van der Waals surface area contributed by atoms with E-state index in [0.717, 1.165) is 35.2 Å². The van der Waals surface area contributed by atoms with Crippen LogP contribution in [0.1, 0.15) is 18.9 Å². The standard InChI is InChI=1S/C28H27NO5/c1-2-32-25(30)20-33-24-17-9-11-21(19-24)12-10-18-29-26(22-13-5-3-6-14-22)27(34-28(29)31)23-15-7-4-8-16-23/h3-9,11,13-17,19H,2,10,12,18,20H2,1H3. The van der Waals surface area contributed by atoms with Crippen molar-refractivity contribution in [2.24, 2.45) is 0 Å². The van der Waals surface area contributed by atoms with E-state index < -0.39 is 5.97 Å². The van der Waals surface area contributed by atoms with Gasteiger partial charge in [0.05, 0.1) is 12.3 Å². The van der Waals surface area contributed by atoms with Gasteiger partial charge in [0.15, 0.2) is 12.4 Å². The molecule has 1 aromatic heterocycles. The second kappa shape index (κ2) is 11.2. The molecule has 6 nitrogen and oxygen atoms in total. The predicted molar refractivity (Wildman–Crippen MR) is 131 cm³/mol. The number of oxazole rings is 1. The molecule has 0 saturated heterocycles. The van der Waals surface area contributed by atoms with Gasteiger partial charge in [0.25, 0.3) is 0 Å². The summed E-state index contributed by atoms with van der Waals surface area (Å²) in [7, 11) is 0. The fraction of sp³-hybridized carbons (Fsp3) is 0.214. The molecule has 1 heterocycles. The monoisotopic (exact) mass is 457 g/mol. The van der Waals surface area contributed by atoms with E-state index >= 15 is 0 Å². The predicted octanol–water partition coefficient (Wildman–Crippen LogP) is 5.35. The minimum atomic E-state index is -0.394. The van der Waals surface area contributed by atoms with Gasteiger partial charge in [-0.3, -0.25) is 4.57 Å². The molecule has 0 radical (unpaired) electrons. The lowest BCUT2D eigenvalue weighted by atomic mass is 10.1. The zero-order valence-electron chi connectivity index (χ0n) is 19.1. The van der Waals surface area contributed by atoms with E-state index in [-0.39, 0.29) is 12.4 Å². The highest BCUT2D eigenvalue weighted by atomic mass is 16.6. The van der Waals surface area contributed by atoms with Crippen LogP contribution in [0, 0.1) is 0 Å². The molecule has 0 aliphatic heterocycles. The van der Waals surface area contributed by atoms with Crippen molar-refractivity contribution in [1.82, 2.24) is 4.57 Å². The van der Waals surface area contributed by atoms with E-state index in [2.05, 4.69) is 0 Å². The average molecular weight is 458 g/mol. The maximum Gasteiger partial charge on any atom is 0.419 e. The van der Waals surface area contributed by atoms with E-state index in [1.54, 1.807) is 11.5 Å². The van der Waals surface area contributed by atoms with Gasteiger partial charge in [-0.2, -0.15) is 0 Å². The third-order valence-corrected chi connectivity index (χ3v) is 5.39. The lowest BCUT2D eigenvalue weighted by molar-refractivity contribution is -0.145. The Morgan fingerprint density at radius 3 is 2.32 bits per heavy atom. The molecule has 0 spiro atoms. The molecule has 174 valence electrons. The Bertz CT molecular complexity index is 1280. The van der Waals surface area contributed by atoms with Crippen LogP contribution in [0.3, 0.4) is 0 Å². The maximum absolute atomic E-state index is 12.8. The Morgan fingerprint density at radius 1 is 0.912 bits per heavy atom. The van der Waals surface area contributed by atoms with E-state index in [1.165, 1.54) is 0 Å². The van der Waals surface area contributed by atoms with Crippen molar-refractivity contribution in [3.63, 3.8) is 0 Å². The molecule has 0 N–H and O–H groups in total. The first kappa shape index (κ1) is 23.1. The Hall–Kier alpha value is -4.06. The second-order valence-electron chi connectivity index (χ2n) is 7.77. The molecule has 3 aromatic carbocycles. The lowest BCUT2D eigenvalue weighted by Gasteiger charge is -2.10. The van der Waals surface area contributed by atoms with Crippen molar-refractivity contribution in [2.75, 3.05) is 13.2 Å². The summed E-state index contributed by atoms with van der Waals surface area (Å²) in [6, 6.07) is 27.1. The van der Waals surface area contributed by atoms with Crippen molar-refractivity contribution >= 4 is 5.97 Å². The van der Waals surface area contributed by atoms with E-state index in [1.807, 2.05) is 84.9 Å². The highest BCUT2D eigenvalue weighted by Crippen LogP contribution is 2.31. The van der Waals surface area contributed by atoms with Crippen LogP contribution < -0.4 is 10.5 Å². The first-order valence-corrected chi connectivity index (χ1v) is 11.4. The van der Waals surface area contributed by atoms with Gasteiger partial charge in [-0.15, -0.1) is 0 Å². The Balaban J connectivity index is 1.51. The molecule has 0 atom stereocenters. The van der Waals surface area contributed by atoms with Crippen molar-refractivity contribution in [3.05, 3.63) is 101 Å². The van der Waals surface area contributed by atoms with Crippen molar-refractivity contribution in [3.8, 4) is 28.3 Å². The largest absolute Gasteiger partial charge is 0.482 e. The molecule has 4 rings (SSSR count). The number of esters is 1. The molecule has 0 unspecified atom stereocenters. The highest BCUT2D eigenvalue weighted by molar-refractivity contribution is 5.77. The number of aromatic nitrogens is 1. The second-order valence-corrected chi connectivity index (χ2v) is 7.77. The molecule has 0 aliphatic rings. The molecule has 4 aromatic rings. The number of rotatable bonds is 10. The molecule has 34 heavy (non-hydrogen) atoms. The molecular formula is C28H27NO5. The van der Waals surface area contributed by atoms with Crippen LogP contribution in [0.4, 0.5) is 0 Å². The van der Waals surface area contributed by atoms with Crippen molar-refractivity contribution in [1.29, 1.82) is 0 Å². The number of benzene rings is 3. The summed E-state index contributed by atoms with van der Waals surface area (Å²) in [6.07, 6.45) is 1.47. The van der Waals surface area contributed by atoms with Crippen molar-refractivity contribution < 1.29 is 18.7 Å². The Morgan fingerprint density at radius 2 is 1.62 bits per heavy atom.